The molecule has 4 aliphatic carbocycles. The summed E-state index contributed by atoms with van der Waals surface area (Å²) in [6.07, 6.45) is 7.59. The van der Waals surface area contributed by atoms with Gasteiger partial charge in [0.1, 0.15) is 0 Å². The molecule has 22 heavy (non-hydrogen) atoms. The molecule has 2 N–H and O–H groups in total. The number of aliphatic hydroxyl groups excluding tert-OH is 2. The highest BCUT2D eigenvalue weighted by atomic mass is 16.3. The molecule has 0 aromatic heterocycles. The molecule has 4 rings (SSSR count). The molecule has 4 aliphatic rings. The Morgan fingerprint density at radius 3 is 2.77 bits per heavy atom. The monoisotopic (exact) mass is 304 g/mol. The summed E-state index contributed by atoms with van der Waals surface area (Å²) in [6, 6.07) is 0. The van der Waals surface area contributed by atoms with Crippen molar-refractivity contribution in [3.63, 3.8) is 0 Å². The molecule has 122 valence electrons. The highest BCUT2D eigenvalue weighted by Gasteiger charge is 2.61. The summed E-state index contributed by atoms with van der Waals surface area (Å²) < 4.78 is 0. The molecule has 0 heterocycles. The summed E-state index contributed by atoms with van der Waals surface area (Å²) in [4.78, 5) is 11.8. The second kappa shape index (κ2) is 4.67. The van der Waals surface area contributed by atoms with E-state index in [1.54, 1.807) is 6.08 Å². The second-order valence-electron chi connectivity index (χ2n) is 8.85. The average Bonchev–Trinajstić information content (AvgIpc) is 2.82. The predicted octanol–water partition coefficient (Wildman–Crippen LogP) is 2.85. The SMILES string of the molecule is C[C@]12CCC[C@@H]1[C@@H]1C[C@H](O)C3=CC(=O)CC[C@@]3(C)[C@H]1[C@H](O)C2. The van der Waals surface area contributed by atoms with Crippen molar-refractivity contribution in [1.29, 1.82) is 0 Å². The highest BCUT2D eigenvalue weighted by Crippen LogP contribution is 2.65. The van der Waals surface area contributed by atoms with Crippen molar-refractivity contribution in [2.45, 2.75) is 71.0 Å². The number of hydrogen-bond acceptors (Lipinski definition) is 3. The molecule has 7 atom stereocenters. The van der Waals surface area contributed by atoms with Crippen LogP contribution in [0.15, 0.2) is 11.6 Å². The van der Waals surface area contributed by atoms with Gasteiger partial charge in [0.05, 0.1) is 12.2 Å². The van der Waals surface area contributed by atoms with E-state index in [2.05, 4.69) is 13.8 Å². The van der Waals surface area contributed by atoms with E-state index in [0.29, 0.717) is 18.3 Å². The molecule has 0 saturated heterocycles. The maximum absolute atomic E-state index is 11.8. The molecule has 3 fully saturated rings. The van der Waals surface area contributed by atoms with Crippen molar-refractivity contribution in [2.75, 3.05) is 0 Å². The molecule has 0 unspecified atom stereocenters. The fraction of sp³-hybridized carbons (Fsp3) is 0.842. The van der Waals surface area contributed by atoms with Gasteiger partial charge in [0.15, 0.2) is 5.78 Å². The molecule has 3 saturated carbocycles. The van der Waals surface area contributed by atoms with Crippen molar-refractivity contribution in [3.8, 4) is 0 Å². The third kappa shape index (κ3) is 1.85. The maximum Gasteiger partial charge on any atom is 0.155 e. The van der Waals surface area contributed by atoms with Crippen LogP contribution < -0.4 is 0 Å². The second-order valence-corrected chi connectivity index (χ2v) is 8.85. The first-order valence-electron chi connectivity index (χ1n) is 8.96. The first-order valence-corrected chi connectivity index (χ1v) is 8.96. The molecule has 3 nitrogen and oxygen atoms in total. The molecular formula is C19H28O3. The molecule has 0 aliphatic heterocycles. The third-order valence-electron chi connectivity index (χ3n) is 7.68. The van der Waals surface area contributed by atoms with E-state index in [4.69, 9.17) is 0 Å². The van der Waals surface area contributed by atoms with Crippen molar-refractivity contribution in [1.82, 2.24) is 0 Å². The third-order valence-corrected chi connectivity index (χ3v) is 7.68. The van der Waals surface area contributed by atoms with Crippen LogP contribution in [0.2, 0.25) is 0 Å². The molecule has 0 spiro atoms. The Hall–Kier alpha value is -0.670. The summed E-state index contributed by atoms with van der Waals surface area (Å²) in [5, 5.41) is 21.7. The summed E-state index contributed by atoms with van der Waals surface area (Å²) in [7, 11) is 0. The number of rotatable bonds is 0. The van der Waals surface area contributed by atoms with E-state index >= 15 is 0 Å². The standard InChI is InChI=1S/C19H28O3/c1-18-6-3-4-13(18)12-9-15(21)14-8-11(20)5-7-19(14,2)17(12)16(22)10-18/h8,12-13,15-17,21-22H,3-7,9-10H2,1-2H3/t12-,13+,15-,16+,17+,18+,19+/m0/s1. The van der Waals surface area contributed by atoms with E-state index in [9.17, 15) is 15.0 Å². The van der Waals surface area contributed by atoms with Gasteiger partial charge >= 0.3 is 0 Å². The van der Waals surface area contributed by atoms with Gasteiger partial charge in [0, 0.05) is 6.42 Å². The van der Waals surface area contributed by atoms with Gasteiger partial charge in [-0.25, -0.2) is 0 Å². The first kappa shape index (κ1) is 14.9. The maximum atomic E-state index is 11.8. The Bertz CT molecular complexity index is 539. The Morgan fingerprint density at radius 2 is 2.00 bits per heavy atom. The minimum atomic E-state index is -0.495. The number of fused-ring (bicyclic) bond motifs is 5. The number of ketones is 1. The van der Waals surface area contributed by atoms with Gasteiger partial charge in [0.2, 0.25) is 0 Å². The first-order chi connectivity index (χ1) is 10.3. The summed E-state index contributed by atoms with van der Waals surface area (Å²) in [5.41, 5.74) is 0.965. The Balaban J connectivity index is 1.78. The average molecular weight is 304 g/mol. The lowest BCUT2D eigenvalue weighted by Crippen LogP contribution is -2.58. The summed E-state index contributed by atoms with van der Waals surface area (Å²) in [6.45, 7) is 4.53. The van der Waals surface area contributed by atoms with Gasteiger partial charge in [-0.2, -0.15) is 0 Å². The van der Waals surface area contributed by atoms with Gasteiger partial charge in [-0.1, -0.05) is 20.3 Å². The number of hydrogen-bond donors (Lipinski definition) is 2. The number of carbonyl (C=O) groups is 1. The van der Waals surface area contributed by atoms with Gasteiger partial charge in [-0.05, 0) is 72.3 Å². The largest absolute Gasteiger partial charge is 0.393 e. The topological polar surface area (TPSA) is 57.5 Å². The molecule has 0 bridgehead atoms. The van der Waals surface area contributed by atoms with Crippen LogP contribution in [-0.4, -0.2) is 28.2 Å². The van der Waals surface area contributed by atoms with Gasteiger partial charge < -0.3 is 10.2 Å². The van der Waals surface area contributed by atoms with Crippen LogP contribution in [0.5, 0.6) is 0 Å². The van der Waals surface area contributed by atoms with Crippen molar-refractivity contribution in [2.24, 2.45) is 28.6 Å². The van der Waals surface area contributed by atoms with Crippen molar-refractivity contribution >= 4 is 5.78 Å². The van der Waals surface area contributed by atoms with Crippen LogP contribution in [0.25, 0.3) is 0 Å². The van der Waals surface area contributed by atoms with Crippen molar-refractivity contribution < 1.29 is 15.0 Å². The van der Waals surface area contributed by atoms with E-state index in [0.717, 1.165) is 24.8 Å². The van der Waals surface area contributed by atoms with Crippen LogP contribution >= 0.6 is 0 Å². The van der Waals surface area contributed by atoms with E-state index in [-0.39, 0.29) is 28.6 Å². The van der Waals surface area contributed by atoms with E-state index in [1.165, 1.54) is 19.3 Å². The van der Waals surface area contributed by atoms with Crippen LogP contribution in [-0.2, 0) is 4.79 Å². The number of carbonyl (C=O) groups excluding carboxylic acids is 1. The Kier molecular flexibility index (Phi) is 3.16. The van der Waals surface area contributed by atoms with E-state index in [1.807, 2.05) is 0 Å². The minimum absolute atomic E-state index is 0.140. The summed E-state index contributed by atoms with van der Waals surface area (Å²) in [5.74, 6) is 1.39. The molecule has 3 heteroatoms. The Labute approximate surface area is 132 Å². The lowest BCUT2D eigenvalue weighted by molar-refractivity contribution is -0.139. The summed E-state index contributed by atoms with van der Waals surface area (Å²) >= 11 is 0. The minimum Gasteiger partial charge on any atom is -0.393 e. The zero-order valence-electron chi connectivity index (χ0n) is 13.7. The fourth-order valence-corrected chi connectivity index (χ4v) is 6.75. The zero-order valence-corrected chi connectivity index (χ0v) is 13.7. The molecule has 0 amide bonds. The van der Waals surface area contributed by atoms with Gasteiger partial charge in [-0.15, -0.1) is 0 Å². The van der Waals surface area contributed by atoms with Crippen molar-refractivity contribution in [3.05, 3.63) is 11.6 Å². The molecular weight excluding hydrogens is 276 g/mol. The van der Waals surface area contributed by atoms with Crippen LogP contribution in [0.4, 0.5) is 0 Å². The molecule has 0 aromatic rings. The van der Waals surface area contributed by atoms with Crippen LogP contribution in [0, 0.1) is 28.6 Å². The van der Waals surface area contributed by atoms with E-state index < -0.39 is 6.10 Å². The Morgan fingerprint density at radius 1 is 1.23 bits per heavy atom. The number of aliphatic hydroxyl groups is 2. The van der Waals surface area contributed by atoms with Crippen LogP contribution in [0.1, 0.15) is 58.8 Å². The normalized spacial score (nSPS) is 54.3. The molecule has 0 aromatic carbocycles. The highest BCUT2D eigenvalue weighted by molar-refractivity contribution is 5.91. The van der Waals surface area contributed by atoms with Crippen LogP contribution in [0.3, 0.4) is 0 Å². The lowest BCUT2D eigenvalue weighted by Gasteiger charge is -2.60. The smallest absolute Gasteiger partial charge is 0.155 e. The predicted molar refractivity (Wildman–Crippen MR) is 84.1 cm³/mol. The zero-order chi connectivity index (χ0) is 15.7. The van der Waals surface area contributed by atoms with Gasteiger partial charge in [0.25, 0.3) is 0 Å². The fourth-order valence-electron chi connectivity index (χ4n) is 6.75. The quantitative estimate of drug-likeness (QED) is 0.723. The lowest BCUT2D eigenvalue weighted by atomic mass is 9.46. The van der Waals surface area contributed by atoms with Gasteiger partial charge in [-0.3, -0.25) is 4.79 Å². The molecule has 0 radical (unpaired) electrons.